The molecule has 1 fully saturated rings. The van der Waals surface area contributed by atoms with Crippen molar-refractivity contribution >= 4 is 11.7 Å². The molecular weight excluding hydrogens is 392 g/mol. The Morgan fingerprint density at radius 3 is 2.45 bits per heavy atom. The molecule has 8 heteroatoms. The van der Waals surface area contributed by atoms with Gasteiger partial charge < -0.3 is 14.7 Å². The highest BCUT2D eigenvalue weighted by molar-refractivity contribution is 5.81. The summed E-state index contributed by atoms with van der Waals surface area (Å²) in [4.78, 5) is 27.6. The molecule has 0 atom stereocenters. The Kier molecular flexibility index (Phi) is 5.10. The van der Waals surface area contributed by atoms with Gasteiger partial charge in [-0.3, -0.25) is 4.79 Å². The topological polar surface area (TPSA) is 97.0 Å². The van der Waals surface area contributed by atoms with Gasteiger partial charge in [-0.15, -0.1) is 0 Å². The minimum atomic E-state index is -0.105. The number of hydrogen-bond donors (Lipinski definition) is 1. The zero-order chi connectivity index (χ0) is 21.0. The summed E-state index contributed by atoms with van der Waals surface area (Å²) >= 11 is 0. The Morgan fingerprint density at radius 1 is 1.00 bits per heavy atom. The van der Waals surface area contributed by atoms with Crippen LogP contribution in [-0.2, 0) is 11.3 Å². The van der Waals surface area contributed by atoms with Crippen LogP contribution in [0.4, 0.5) is 5.82 Å². The summed E-state index contributed by atoms with van der Waals surface area (Å²) in [5, 5.41) is 6.85. The van der Waals surface area contributed by atoms with Gasteiger partial charge in [0, 0.05) is 30.3 Å². The molecule has 4 aromatic rings. The van der Waals surface area contributed by atoms with E-state index in [9.17, 15) is 4.79 Å². The number of anilines is 1. The van der Waals surface area contributed by atoms with E-state index in [0.717, 1.165) is 22.6 Å². The van der Waals surface area contributed by atoms with Gasteiger partial charge in [-0.25, -0.2) is 9.97 Å². The van der Waals surface area contributed by atoms with Gasteiger partial charge >= 0.3 is 0 Å². The van der Waals surface area contributed by atoms with Crippen molar-refractivity contribution in [3.8, 4) is 22.6 Å². The SMILES string of the molecule is O=C(NCc1nc(-c2ccccc2)no1)C1CN(c2cc(-c3ccccc3)ncn2)C1. The first-order valence-corrected chi connectivity index (χ1v) is 10.0. The van der Waals surface area contributed by atoms with Crippen LogP contribution in [0.3, 0.4) is 0 Å². The highest BCUT2D eigenvalue weighted by Crippen LogP contribution is 2.26. The molecule has 1 aliphatic heterocycles. The van der Waals surface area contributed by atoms with Crippen LogP contribution in [-0.4, -0.2) is 39.1 Å². The van der Waals surface area contributed by atoms with Crippen molar-refractivity contribution in [1.29, 1.82) is 0 Å². The summed E-state index contributed by atoms with van der Waals surface area (Å²) in [6.07, 6.45) is 1.56. The van der Waals surface area contributed by atoms with Gasteiger partial charge in [-0.1, -0.05) is 65.8 Å². The van der Waals surface area contributed by atoms with Crippen LogP contribution in [0.15, 0.2) is 77.6 Å². The molecule has 0 bridgehead atoms. The molecule has 2 aromatic heterocycles. The number of rotatable bonds is 6. The largest absolute Gasteiger partial charge is 0.355 e. The van der Waals surface area contributed by atoms with Crippen LogP contribution in [0.1, 0.15) is 5.89 Å². The van der Waals surface area contributed by atoms with Gasteiger partial charge in [0.25, 0.3) is 0 Å². The van der Waals surface area contributed by atoms with E-state index in [1.807, 2.05) is 66.7 Å². The molecule has 0 spiro atoms. The normalized spacial score (nSPS) is 13.6. The fourth-order valence-corrected chi connectivity index (χ4v) is 3.46. The lowest BCUT2D eigenvalue weighted by atomic mass is 9.99. The zero-order valence-corrected chi connectivity index (χ0v) is 16.7. The molecule has 0 saturated carbocycles. The highest BCUT2D eigenvalue weighted by Gasteiger charge is 2.33. The summed E-state index contributed by atoms with van der Waals surface area (Å²) < 4.78 is 5.24. The van der Waals surface area contributed by atoms with Gasteiger partial charge in [0.2, 0.25) is 17.6 Å². The van der Waals surface area contributed by atoms with Crippen molar-refractivity contribution < 1.29 is 9.32 Å². The first kappa shape index (κ1) is 18.9. The third kappa shape index (κ3) is 4.13. The summed E-state index contributed by atoms with van der Waals surface area (Å²) in [7, 11) is 0. The molecule has 2 aromatic carbocycles. The molecule has 0 unspecified atom stereocenters. The zero-order valence-electron chi connectivity index (χ0n) is 16.7. The first-order valence-electron chi connectivity index (χ1n) is 10.0. The monoisotopic (exact) mass is 412 g/mol. The quantitative estimate of drug-likeness (QED) is 0.520. The van der Waals surface area contributed by atoms with Crippen molar-refractivity contribution in [2.75, 3.05) is 18.0 Å². The average molecular weight is 412 g/mol. The predicted molar refractivity (Wildman–Crippen MR) is 115 cm³/mol. The summed E-state index contributed by atoms with van der Waals surface area (Å²) in [6, 6.07) is 21.5. The summed E-state index contributed by atoms with van der Waals surface area (Å²) in [5.74, 6) is 1.58. The lowest BCUT2D eigenvalue weighted by Gasteiger charge is -2.39. The number of benzene rings is 2. The lowest BCUT2D eigenvalue weighted by Crippen LogP contribution is -2.54. The average Bonchev–Trinajstić information content (AvgIpc) is 3.27. The van der Waals surface area contributed by atoms with Gasteiger partial charge in [0.15, 0.2) is 0 Å². The van der Waals surface area contributed by atoms with Crippen LogP contribution in [0.2, 0.25) is 0 Å². The number of aromatic nitrogens is 4. The molecule has 31 heavy (non-hydrogen) atoms. The minimum Gasteiger partial charge on any atom is -0.355 e. The number of amides is 1. The van der Waals surface area contributed by atoms with Crippen molar-refractivity contribution in [2.24, 2.45) is 5.92 Å². The third-order valence-corrected chi connectivity index (χ3v) is 5.21. The van der Waals surface area contributed by atoms with Crippen molar-refractivity contribution in [1.82, 2.24) is 25.4 Å². The highest BCUT2D eigenvalue weighted by atomic mass is 16.5. The van der Waals surface area contributed by atoms with Crippen molar-refractivity contribution in [2.45, 2.75) is 6.54 Å². The van der Waals surface area contributed by atoms with Gasteiger partial charge in [0.05, 0.1) is 18.2 Å². The molecule has 8 nitrogen and oxygen atoms in total. The van der Waals surface area contributed by atoms with Crippen molar-refractivity contribution in [3.05, 3.63) is 78.9 Å². The first-order chi connectivity index (χ1) is 15.3. The molecule has 154 valence electrons. The van der Waals surface area contributed by atoms with Crippen molar-refractivity contribution in [3.63, 3.8) is 0 Å². The fraction of sp³-hybridized carbons (Fsp3) is 0.174. The molecule has 1 N–H and O–H groups in total. The Hall–Kier alpha value is -4.07. The molecule has 1 aliphatic rings. The Morgan fingerprint density at radius 2 is 1.71 bits per heavy atom. The summed E-state index contributed by atoms with van der Waals surface area (Å²) in [5.41, 5.74) is 2.78. The maximum absolute atomic E-state index is 12.5. The van der Waals surface area contributed by atoms with E-state index in [2.05, 4.69) is 30.3 Å². The van der Waals surface area contributed by atoms with Gasteiger partial charge in [-0.05, 0) is 0 Å². The predicted octanol–water partition coefficient (Wildman–Crippen LogP) is 2.95. The van der Waals surface area contributed by atoms with E-state index in [1.54, 1.807) is 6.33 Å². The number of hydrogen-bond acceptors (Lipinski definition) is 7. The molecule has 3 heterocycles. The van der Waals surface area contributed by atoms with E-state index < -0.39 is 0 Å². The second kappa shape index (κ2) is 8.35. The lowest BCUT2D eigenvalue weighted by molar-refractivity contribution is -0.126. The second-order valence-electron chi connectivity index (χ2n) is 7.32. The van der Waals surface area contributed by atoms with Crippen LogP contribution in [0, 0.1) is 5.92 Å². The molecule has 0 radical (unpaired) electrons. The Bertz CT molecular complexity index is 1170. The molecule has 0 aliphatic carbocycles. The Labute approximate surface area is 179 Å². The van der Waals surface area contributed by atoms with Gasteiger partial charge in [0.1, 0.15) is 12.1 Å². The third-order valence-electron chi connectivity index (χ3n) is 5.21. The van der Waals surface area contributed by atoms with E-state index in [0.29, 0.717) is 24.8 Å². The van der Waals surface area contributed by atoms with E-state index >= 15 is 0 Å². The number of nitrogens with one attached hydrogen (secondary N) is 1. The number of carbonyl (C=O) groups excluding carboxylic acids is 1. The van der Waals surface area contributed by atoms with E-state index in [1.165, 1.54) is 0 Å². The van der Waals surface area contributed by atoms with Gasteiger partial charge in [-0.2, -0.15) is 4.98 Å². The molecule has 5 rings (SSSR count). The summed E-state index contributed by atoms with van der Waals surface area (Å²) in [6.45, 7) is 1.42. The van der Waals surface area contributed by atoms with Crippen LogP contribution >= 0.6 is 0 Å². The second-order valence-corrected chi connectivity index (χ2v) is 7.32. The molecule has 1 amide bonds. The maximum atomic E-state index is 12.5. The number of carbonyl (C=O) groups is 1. The van der Waals surface area contributed by atoms with Crippen LogP contribution < -0.4 is 10.2 Å². The maximum Gasteiger partial charge on any atom is 0.246 e. The minimum absolute atomic E-state index is 0.0342. The standard InChI is InChI=1S/C23H20N6O2/c30-23(24-12-21-27-22(28-31-21)17-9-5-2-6-10-17)18-13-29(14-18)20-11-19(25-15-26-20)16-7-3-1-4-8-16/h1-11,15,18H,12-14H2,(H,24,30). The number of nitrogens with zero attached hydrogens (tertiary/aromatic N) is 5. The molecular formula is C23H20N6O2. The Balaban J connectivity index is 1.15. The smallest absolute Gasteiger partial charge is 0.246 e. The van der Waals surface area contributed by atoms with E-state index in [4.69, 9.17) is 4.52 Å². The van der Waals surface area contributed by atoms with Crippen LogP contribution in [0.5, 0.6) is 0 Å². The molecule has 1 saturated heterocycles. The van der Waals surface area contributed by atoms with E-state index in [-0.39, 0.29) is 18.4 Å². The fourth-order valence-electron chi connectivity index (χ4n) is 3.46. The van der Waals surface area contributed by atoms with Crippen LogP contribution in [0.25, 0.3) is 22.6 Å².